The molecule has 0 aliphatic carbocycles. The van der Waals surface area contributed by atoms with Crippen molar-refractivity contribution in [3.63, 3.8) is 0 Å². The molecule has 2 N–H and O–H groups in total. The van der Waals surface area contributed by atoms with Crippen molar-refractivity contribution in [2.45, 2.75) is 6.42 Å². The number of benzene rings is 1. The molecule has 0 fully saturated rings. The van der Waals surface area contributed by atoms with Crippen LogP contribution in [0.2, 0.25) is 0 Å². The van der Waals surface area contributed by atoms with Crippen molar-refractivity contribution in [3.05, 3.63) is 53.6 Å². The van der Waals surface area contributed by atoms with Gasteiger partial charge >= 0.3 is 0 Å². The Morgan fingerprint density at radius 2 is 2.12 bits per heavy atom. The molecule has 0 saturated heterocycles. The lowest BCUT2D eigenvalue weighted by molar-refractivity contribution is 0.384. The molecule has 1 heterocycles. The first kappa shape index (κ1) is 11.4. The van der Waals surface area contributed by atoms with Gasteiger partial charge in [0.15, 0.2) is 11.6 Å². The van der Waals surface area contributed by atoms with Gasteiger partial charge in [-0.15, -0.1) is 0 Å². The van der Waals surface area contributed by atoms with Gasteiger partial charge in [-0.25, -0.2) is 4.39 Å². The van der Waals surface area contributed by atoms with Gasteiger partial charge < -0.3 is 10.5 Å². The largest absolute Gasteiger partial charge is 0.494 e. The molecule has 3 nitrogen and oxygen atoms in total. The third-order valence-corrected chi connectivity index (χ3v) is 2.59. The number of ether oxygens (including phenoxy) is 1. The number of hydrogen-bond donors (Lipinski definition) is 1. The van der Waals surface area contributed by atoms with E-state index in [-0.39, 0.29) is 11.6 Å². The van der Waals surface area contributed by atoms with Gasteiger partial charge in [-0.1, -0.05) is 12.1 Å². The van der Waals surface area contributed by atoms with Gasteiger partial charge in [0.2, 0.25) is 0 Å². The number of nitrogens with zero attached hydrogens (tertiary/aromatic N) is 1. The zero-order valence-electron chi connectivity index (χ0n) is 9.48. The van der Waals surface area contributed by atoms with Crippen LogP contribution in [0, 0.1) is 5.82 Å². The summed E-state index contributed by atoms with van der Waals surface area (Å²) in [5.74, 6) is -0.108. The van der Waals surface area contributed by atoms with Gasteiger partial charge in [-0.3, -0.25) is 4.98 Å². The Kier molecular flexibility index (Phi) is 3.23. The molecule has 0 atom stereocenters. The van der Waals surface area contributed by atoms with Crippen molar-refractivity contribution >= 4 is 5.69 Å². The van der Waals surface area contributed by atoms with E-state index in [0.717, 1.165) is 5.56 Å². The molecular weight excluding hydrogens is 219 g/mol. The summed E-state index contributed by atoms with van der Waals surface area (Å²) in [6.45, 7) is 0. The predicted octanol–water partition coefficient (Wildman–Crippen LogP) is 2.40. The second-order valence-corrected chi connectivity index (χ2v) is 3.68. The standard InChI is InChI=1S/C13H13FN2O/c1-17-12-4-2-3-9(13(12)14)7-10-8-16-6-5-11(10)15/h2-6,8H,7H2,1H3,(H2,15,16). The van der Waals surface area contributed by atoms with Crippen molar-refractivity contribution in [3.8, 4) is 5.75 Å². The van der Waals surface area contributed by atoms with Gasteiger partial charge in [0.1, 0.15) is 0 Å². The fourth-order valence-corrected chi connectivity index (χ4v) is 1.64. The Morgan fingerprint density at radius 1 is 1.29 bits per heavy atom. The highest BCUT2D eigenvalue weighted by atomic mass is 19.1. The van der Waals surface area contributed by atoms with Gasteiger partial charge in [0.25, 0.3) is 0 Å². The molecule has 88 valence electrons. The number of aromatic nitrogens is 1. The molecule has 0 radical (unpaired) electrons. The van der Waals surface area contributed by atoms with Crippen molar-refractivity contribution in [1.29, 1.82) is 0 Å². The van der Waals surface area contributed by atoms with Gasteiger partial charge in [0.05, 0.1) is 7.11 Å². The average molecular weight is 232 g/mol. The number of halogens is 1. The van der Waals surface area contributed by atoms with Gasteiger partial charge in [-0.2, -0.15) is 0 Å². The van der Waals surface area contributed by atoms with Gasteiger partial charge in [-0.05, 0) is 23.3 Å². The summed E-state index contributed by atoms with van der Waals surface area (Å²) >= 11 is 0. The number of methoxy groups -OCH3 is 1. The molecule has 0 saturated carbocycles. The third-order valence-electron chi connectivity index (χ3n) is 2.59. The highest BCUT2D eigenvalue weighted by molar-refractivity contribution is 5.47. The topological polar surface area (TPSA) is 48.1 Å². The maximum Gasteiger partial charge on any atom is 0.168 e. The number of pyridine rings is 1. The Balaban J connectivity index is 2.34. The molecule has 1 aromatic heterocycles. The van der Waals surface area contributed by atoms with Crippen LogP contribution in [-0.2, 0) is 6.42 Å². The first-order chi connectivity index (χ1) is 8.22. The van der Waals surface area contributed by atoms with E-state index in [4.69, 9.17) is 10.5 Å². The fraction of sp³-hybridized carbons (Fsp3) is 0.154. The SMILES string of the molecule is COc1cccc(Cc2cnccc2N)c1F. The van der Waals surface area contributed by atoms with E-state index in [9.17, 15) is 4.39 Å². The second-order valence-electron chi connectivity index (χ2n) is 3.68. The average Bonchev–Trinajstić information content (AvgIpc) is 2.34. The summed E-state index contributed by atoms with van der Waals surface area (Å²) < 4.78 is 18.8. The normalized spacial score (nSPS) is 10.2. The Hall–Kier alpha value is -2.10. The van der Waals surface area contributed by atoms with Crippen LogP contribution in [-0.4, -0.2) is 12.1 Å². The van der Waals surface area contributed by atoms with Crippen LogP contribution in [0.15, 0.2) is 36.7 Å². The van der Waals surface area contributed by atoms with Crippen molar-refractivity contribution < 1.29 is 9.13 Å². The highest BCUT2D eigenvalue weighted by Gasteiger charge is 2.10. The van der Waals surface area contributed by atoms with Crippen LogP contribution < -0.4 is 10.5 Å². The molecule has 0 spiro atoms. The molecule has 17 heavy (non-hydrogen) atoms. The van der Waals surface area contributed by atoms with Crippen LogP contribution >= 0.6 is 0 Å². The van der Waals surface area contributed by atoms with Crippen LogP contribution in [0.5, 0.6) is 5.75 Å². The molecular formula is C13H13FN2O. The monoisotopic (exact) mass is 232 g/mol. The van der Waals surface area contributed by atoms with E-state index in [0.29, 0.717) is 17.7 Å². The van der Waals surface area contributed by atoms with Crippen LogP contribution in [0.25, 0.3) is 0 Å². The highest BCUT2D eigenvalue weighted by Crippen LogP contribution is 2.23. The first-order valence-electron chi connectivity index (χ1n) is 5.22. The lowest BCUT2D eigenvalue weighted by Crippen LogP contribution is -2.00. The molecule has 0 unspecified atom stereocenters. The van der Waals surface area contributed by atoms with Crippen LogP contribution in [0.4, 0.5) is 10.1 Å². The molecule has 0 aliphatic rings. The van der Waals surface area contributed by atoms with Gasteiger partial charge in [0, 0.05) is 24.5 Å². The number of nitrogen functional groups attached to an aromatic ring is 1. The Labute approximate surface area is 99.1 Å². The molecule has 1 aromatic carbocycles. The molecule has 0 bridgehead atoms. The maximum absolute atomic E-state index is 13.9. The smallest absolute Gasteiger partial charge is 0.168 e. The van der Waals surface area contributed by atoms with E-state index < -0.39 is 0 Å². The molecule has 0 aliphatic heterocycles. The van der Waals surface area contributed by atoms with Crippen molar-refractivity contribution in [2.24, 2.45) is 0 Å². The number of nitrogens with two attached hydrogens (primary N) is 1. The van der Waals surface area contributed by atoms with E-state index in [1.54, 1.807) is 36.7 Å². The number of hydrogen-bond acceptors (Lipinski definition) is 3. The summed E-state index contributed by atoms with van der Waals surface area (Å²) in [5, 5.41) is 0. The minimum absolute atomic E-state index is 0.241. The summed E-state index contributed by atoms with van der Waals surface area (Å²) in [5.41, 5.74) is 7.76. The molecule has 0 amide bonds. The molecule has 2 aromatic rings. The molecule has 2 rings (SSSR count). The fourth-order valence-electron chi connectivity index (χ4n) is 1.64. The lowest BCUT2D eigenvalue weighted by Gasteiger charge is -2.08. The zero-order chi connectivity index (χ0) is 12.3. The van der Waals surface area contributed by atoms with Crippen molar-refractivity contribution in [1.82, 2.24) is 4.98 Å². The van der Waals surface area contributed by atoms with E-state index in [1.807, 2.05) is 0 Å². The number of anilines is 1. The Morgan fingerprint density at radius 3 is 2.82 bits per heavy atom. The minimum atomic E-state index is -0.349. The maximum atomic E-state index is 13.9. The summed E-state index contributed by atoms with van der Waals surface area (Å²) in [6, 6.07) is 6.76. The quantitative estimate of drug-likeness (QED) is 0.884. The summed E-state index contributed by atoms with van der Waals surface area (Å²) in [7, 11) is 1.45. The van der Waals surface area contributed by atoms with Crippen LogP contribution in [0.1, 0.15) is 11.1 Å². The van der Waals surface area contributed by atoms with E-state index >= 15 is 0 Å². The predicted molar refractivity (Wildman–Crippen MR) is 64.4 cm³/mol. The number of rotatable bonds is 3. The summed E-state index contributed by atoms with van der Waals surface area (Å²) in [4.78, 5) is 3.98. The molecule has 4 heteroatoms. The van der Waals surface area contributed by atoms with E-state index in [1.165, 1.54) is 7.11 Å². The van der Waals surface area contributed by atoms with E-state index in [2.05, 4.69) is 4.98 Å². The summed E-state index contributed by atoms with van der Waals surface area (Å²) in [6.07, 6.45) is 3.66. The minimum Gasteiger partial charge on any atom is -0.494 e. The second kappa shape index (κ2) is 4.82. The third kappa shape index (κ3) is 2.36. The zero-order valence-corrected chi connectivity index (χ0v) is 9.48. The Bertz CT molecular complexity index is 529. The lowest BCUT2D eigenvalue weighted by atomic mass is 10.0. The first-order valence-corrected chi connectivity index (χ1v) is 5.22. The van der Waals surface area contributed by atoms with Crippen molar-refractivity contribution in [2.75, 3.05) is 12.8 Å². The van der Waals surface area contributed by atoms with Crippen LogP contribution in [0.3, 0.4) is 0 Å².